The fourth-order valence-electron chi connectivity index (χ4n) is 5.42. The van der Waals surface area contributed by atoms with E-state index in [2.05, 4.69) is 42.3 Å². The first kappa shape index (κ1) is 17.6. The largest absolute Gasteiger partial charge is 0.489 e. The van der Waals surface area contributed by atoms with Crippen molar-refractivity contribution in [2.45, 2.75) is 75.3 Å². The molecule has 1 aromatic carbocycles. The van der Waals surface area contributed by atoms with Crippen LogP contribution in [0, 0.1) is 5.92 Å². The monoisotopic (exact) mass is 367 g/mol. The molecule has 1 aliphatic heterocycles. The third-order valence-electron chi connectivity index (χ3n) is 7.28. The third-order valence-corrected chi connectivity index (χ3v) is 7.28. The Bertz CT molecular complexity index is 704. The number of nitrogens with zero attached hydrogens (tertiary/aromatic N) is 1. The molecule has 0 spiro atoms. The van der Waals surface area contributed by atoms with Gasteiger partial charge in [0.15, 0.2) is 11.5 Å². The summed E-state index contributed by atoms with van der Waals surface area (Å²) < 4.78 is 12.7. The average molecular weight is 368 g/mol. The summed E-state index contributed by atoms with van der Waals surface area (Å²) >= 11 is 0. The summed E-state index contributed by atoms with van der Waals surface area (Å²) in [6.45, 7) is 2.02. The van der Waals surface area contributed by atoms with E-state index < -0.39 is 0 Å². The van der Waals surface area contributed by atoms with E-state index in [0.29, 0.717) is 12.1 Å². The van der Waals surface area contributed by atoms with Crippen molar-refractivity contribution in [3.05, 3.63) is 35.9 Å². The first-order chi connectivity index (χ1) is 13.2. The van der Waals surface area contributed by atoms with Gasteiger partial charge in [0.05, 0.1) is 12.7 Å². The van der Waals surface area contributed by atoms with Gasteiger partial charge in [0.25, 0.3) is 0 Å². The molecule has 2 saturated carbocycles. The van der Waals surface area contributed by atoms with Crippen molar-refractivity contribution >= 4 is 0 Å². The van der Waals surface area contributed by atoms with Gasteiger partial charge in [-0.25, -0.2) is 0 Å². The standard InChI is InChI=1S/C24H33NO2/c1-25-15-14-24(13-5-4-8-23(24)25)19-11-12-21(26-17-18-9-10-18)22(16-19)27-20-6-2-3-7-20/h5,11-13,16,18,20,23H,2-4,6-10,14-15,17H2,1H3/t23-,24-/m0/s1. The van der Waals surface area contributed by atoms with E-state index in [0.717, 1.165) is 24.0 Å². The van der Waals surface area contributed by atoms with Crippen LogP contribution in [-0.4, -0.2) is 37.2 Å². The molecule has 0 unspecified atom stereocenters. The number of likely N-dealkylation sites (tertiary alicyclic amines) is 1. The molecule has 0 amide bonds. The van der Waals surface area contributed by atoms with Crippen LogP contribution >= 0.6 is 0 Å². The molecule has 1 aromatic rings. The molecule has 5 rings (SSSR count). The average Bonchev–Trinajstić information content (AvgIpc) is 3.27. The lowest BCUT2D eigenvalue weighted by Gasteiger charge is -2.38. The number of fused-ring (bicyclic) bond motifs is 1. The molecule has 0 radical (unpaired) electrons. The topological polar surface area (TPSA) is 21.7 Å². The van der Waals surface area contributed by atoms with Crippen molar-refractivity contribution in [2.75, 3.05) is 20.2 Å². The fourth-order valence-corrected chi connectivity index (χ4v) is 5.42. The highest BCUT2D eigenvalue weighted by Crippen LogP contribution is 2.47. The number of hydrogen-bond acceptors (Lipinski definition) is 3. The van der Waals surface area contributed by atoms with Gasteiger partial charge in [0.1, 0.15) is 0 Å². The molecule has 3 aliphatic carbocycles. The quantitative estimate of drug-likeness (QED) is 0.654. The van der Waals surface area contributed by atoms with Gasteiger partial charge in [-0.3, -0.25) is 0 Å². The predicted octanol–water partition coefficient (Wildman–Crippen LogP) is 5.09. The molecule has 1 saturated heterocycles. The van der Waals surface area contributed by atoms with E-state index in [1.165, 1.54) is 69.9 Å². The minimum atomic E-state index is 0.149. The van der Waals surface area contributed by atoms with Crippen molar-refractivity contribution in [3.8, 4) is 11.5 Å². The minimum absolute atomic E-state index is 0.149. The predicted molar refractivity (Wildman–Crippen MR) is 109 cm³/mol. The van der Waals surface area contributed by atoms with Crippen molar-refractivity contribution in [1.82, 2.24) is 4.90 Å². The van der Waals surface area contributed by atoms with Crippen LogP contribution in [0.25, 0.3) is 0 Å². The molecule has 2 atom stereocenters. The van der Waals surface area contributed by atoms with E-state index in [1.807, 2.05) is 0 Å². The van der Waals surface area contributed by atoms with Gasteiger partial charge in [-0.05, 0) is 95.0 Å². The number of benzene rings is 1. The number of rotatable bonds is 6. The summed E-state index contributed by atoms with van der Waals surface area (Å²) in [6, 6.07) is 7.43. The van der Waals surface area contributed by atoms with Crippen LogP contribution in [0.3, 0.4) is 0 Å². The van der Waals surface area contributed by atoms with Crippen LogP contribution in [-0.2, 0) is 5.41 Å². The second-order valence-electron chi connectivity index (χ2n) is 9.21. The van der Waals surface area contributed by atoms with Crippen LogP contribution in [0.5, 0.6) is 11.5 Å². The SMILES string of the molecule is CN1CC[C@]2(c3ccc(OCC4CC4)c(OC4CCCC4)c3)C=CCC[C@H]12. The van der Waals surface area contributed by atoms with E-state index >= 15 is 0 Å². The highest BCUT2D eigenvalue weighted by atomic mass is 16.5. The Morgan fingerprint density at radius 2 is 1.93 bits per heavy atom. The zero-order chi connectivity index (χ0) is 18.3. The molecule has 3 heteroatoms. The summed E-state index contributed by atoms with van der Waals surface area (Å²) in [5, 5.41) is 0. The van der Waals surface area contributed by atoms with Crippen molar-refractivity contribution in [2.24, 2.45) is 5.92 Å². The normalized spacial score (nSPS) is 31.2. The molecule has 0 bridgehead atoms. The van der Waals surface area contributed by atoms with Gasteiger partial charge in [-0.1, -0.05) is 18.2 Å². The molecule has 146 valence electrons. The first-order valence-electron chi connectivity index (χ1n) is 11.1. The van der Waals surface area contributed by atoms with Crippen molar-refractivity contribution in [3.63, 3.8) is 0 Å². The van der Waals surface area contributed by atoms with Gasteiger partial charge in [-0.2, -0.15) is 0 Å². The Morgan fingerprint density at radius 1 is 1.07 bits per heavy atom. The lowest BCUT2D eigenvalue weighted by atomic mass is 9.70. The Labute approximate surface area is 163 Å². The van der Waals surface area contributed by atoms with Crippen LogP contribution < -0.4 is 9.47 Å². The summed E-state index contributed by atoms with van der Waals surface area (Å²) in [5.74, 6) is 2.70. The maximum Gasteiger partial charge on any atom is 0.161 e. The minimum Gasteiger partial charge on any atom is -0.489 e. The lowest BCUT2D eigenvalue weighted by molar-refractivity contribution is 0.192. The second kappa shape index (κ2) is 7.16. The summed E-state index contributed by atoms with van der Waals surface area (Å²) in [6.07, 6.45) is 16.5. The summed E-state index contributed by atoms with van der Waals surface area (Å²) in [7, 11) is 2.29. The third kappa shape index (κ3) is 3.40. The maximum absolute atomic E-state index is 6.50. The molecule has 27 heavy (non-hydrogen) atoms. The highest BCUT2D eigenvalue weighted by Gasteiger charge is 2.46. The van der Waals surface area contributed by atoms with Crippen LogP contribution in [0.1, 0.15) is 63.4 Å². The molecular formula is C24H33NO2. The van der Waals surface area contributed by atoms with Gasteiger partial charge >= 0.3 is 0 Å². The maximum atomic E-state index is 6.50. The summed E-state index contributed by atoms with van der Waals surface area (Å²) in [4.78, 5) is 2.55. The number of likely N-dealkylation sites (N-methyl/N-ethyl adjacent to an activating group) is 1. The van der Waals surface area contributed by atoms with Gasteiger partial charge in [-0.15, -0.1) is 0 Å². The molecule has 3 nitrogen and oxygen atoms in total. The van der Waals surface area contributed by atoms with Crippen molar-refractivity contribution < 1.29 is 9.47 Å². The zero-order valence-electron chi connectivity index (χ0n) is 16.7. The van der Waals surface area contributed by atoms with Crippen LogP contribution in [0.15, 0.2) is 30.4 Å². The smallest absolute Gasteiger partial charge is 0.161 e. The van der Waals surface area contributed by atoms with Gasteiger partial charge in [0.2, 0.25) is 0 Å². The summed E-state index contributed by atoms with van der Waals surface area (Å²) in [5.41, 5.74) is 1.56. The van der Waals surface area contributed by atoms with Crippen molar-refractivity contribution in [1.29, 1.82) is 0 Å². The first-order valence-corrected chi connectivity index (χ1v) is 11.1. The Kier molecular flexibility index (Phi) is 4.67. The number of hydrogen-bond donors (Lipinski definition) is 0. The molecule has 1 heterocycles. The Hall–Kier alpha value is -1.48. The number of ether oxygens (including phenoxy) is 2. The molecular weight excluding hydrogens is 334 g/mol. The van der Waals surface area contributed by atoms with Gasteiger partial charge < -0.3 is 14.4 Å². The van der Waals surface area contributed by atoms with Crippen LogP contribution in [0.4, 0.5) is 0 Å². The highest BCUT2D eigenvalue weighted by molar-refractivity contribution is 5.48. The fraction of sp³-hybridized carbons (Fsp3) is 0.667. The van der Waals surface area contributed by atoms with E-state index in [4.69, 9.17) is 9.47 Å². The molecule has 4 aliphatic rings. The van der Waals surface area contributed by atoms with E-state index in [-0.39, 0.29) is 5.41 Å². The van der Waals surface area contributed by atoms with Gasteiger partial charge in [0, 0.05) is 11.5 Å². The molecule has 0 N–H and O–H groups in total. The second-order valence-corrected chi connectivity index (χ2v) is 9.21. The number of allylic oxidation sites excluding steroid dienone is 1. The van der Waals surface area contributed by atoms with Crippen LogP contribution in [0.2, 0.25) is 0 Å². The molecule has 3 fully saturated rings. The van der Waals surface area contributed by atoms with E-state index in [1.54, 1.807) is 0 Å². The Balaban J connectivity index is 1.46. The van der Waals surface area contributed by atoms with E-state index in [9.17, 15) is 0 Å². The lowest BCUT2D eigenvalue weighted by Crippen LogP contribution is -2.41. The molecule has 0 aromatic heterocycles. The zero-order valence-corrected chi connectivity index (χ0v) is 16.7. The Morgan fingerprint density at radius 3 is 2.74 bits per heavy atom.